The number of amides is 2. The number of hydrogen-bond donors (Lipinski definition) is 0. The lowest BCUT2D eigenvalue weighted by Crippen LogP contribution is -2.38. The highest BCUT2D eigenvalue weighted by atomic mass is 35.5. The number of hydroxylamine groups is 2. The number of carbonyl (C=O) groups is 3. The van der Waals surface area contributed by atoms with E-state index < -0.39 is 11.8 Å². The number of hydrogen-bond acceptors (Lipinski definition) is 8. The summed E-state index contributed by atoms with van der Waals surface area (Å²) in [5.41, 5.74) is 0.629. The fourth-order valence-corrected chi connectivity index (χ4v) is 3.54. The number of halogens is 1. The van der Waals surface area contributed by atoms with Crippen LogP contribution < -0.4 is 14.2 Å². The van der Waals surface area contributed by atoms with E-state index in [9.17, 15) is 14.4 Å². The number of carbonyl (C=O) groups excluding carboxylic acids is 3. The van der Waals surface area contributed by atoms with Crippen LogP contribution in [0, 0.1) is 0 Å². The number of benzene rings is 1. The molecule has 0 spiro atoms. The van der Waals surface area contributed by atoms with Gasteiger partial charge < -0.3 is 19.0 Å². The zero-order valence-corrected chi connectivity index (χ0v) is 21.4. The van der Waals surface area contributed by atoms with E-state index in [-0.39, 0.29) is 17.5 Å². The van der Waals surface area contributed by atoms with Crippen molar-refractivity contribution in [3.63, 3.8) is 0 Å². The van der Waals surface area contributed by atoms with Gasteiger partial charge in [-0.3, -0.25) is 19.3 Å². The van der Waals surface area contributed by atoms with E-state index in [0.29, 0.717) is 68.2 Å². The molecule has 0 bridgehead atoms. The van der Waals surface area contributed by atoms with Crippen LogP contribution in [0.3, 0.4) is 0 Å². The van der Waals surface area contributed by atoms with Gasteiger partial charge in [0.25, 0.3) is 11.8 Å². The summed E-state index contributed by atoms with van der Waals surface area (Å²) in [6, 6.07) is 3.40. The van der Waals surface area contributed by atoms with Crippen molar-refractivity contribution in [1.82, 2.24) is 9.96 Å². The molecule has 1 aromatic carbocycles. The van der Waals surface area contributed by atoms with Gasteiger partial charge in [-0.1, -0.05) is 17.7 Å². The molecule has 9 nitrogen and oxygen atoms in total. The van der Waals surface area contributed by atoms with Crippen LogP contribution in [-0.2, 0) is 19.2 Å². The summed E-state index contributed by atoms with van der Waals surface area (Å²) >= 11 is 5.85. The molecule has 35 heavy (non-hydrogen) atoms. The maximum Gasteiger partial charge on any atom is 0.325 e. The molecule has 0 aromatic heterocycles. The first-order valence-electron chi connectivity index (χ1n) is 11.6. The van der Waals surface area contributed by atoms with Gasteiger partial charge in [-0.2, -0.15) is 0 Å². The van der Waals surface area contributed by atoms with Crippen molar-refractivity contribution in [3.8, 4) is 17.2 Å². The van der Waals surface area contributed by atoms with Crippen LogP contribution in [0.1, 0.15) is 45.1 Å². The predicted molar refractivity (Wildman–Crippen MR) is 132 cm³/mol. The van der Waals surface area contributed by atoms with Gasteiger partial charge in [0.2, 0.25) is 5.75 Å². The van der Waals surface area contributed by atoms with Gasteiger partial charge >= 0.3 is 5.97 Å². The van der Waals surface area contributed by atoms with E-state index in [1.165, 1.54) is 20.3 Å². The summed E-state index contributed by atoms with van der Waals surface area (Å²) in [5, 5.41) is 1.65. The molecule has 0 N–H and O–H groups in total. The topological polar surface area (TPSA) is 94.6 Å². The van der Waals surface area contributed by atoms with Crippen LogP contribution in [0.2, 0.25) is 0 Å². The monoisotopic (exact) mass is 508 g/mol. The highest BCUT2D eigenvalue weighted by Gasteiger charge is 2.24. The van der Waals surface area contributed by atoms with Crippen molar-refractivity contribution in [2.45, 2.75) is 39.5 Å². The molecule has 2 rings (SSSR count). The highest BCUT2D eigenvalue weighted by molar-refractivity contribution is 6.43. The molecular formula is C25H33ClN2O7. The molecule has 1 aliphatic heterocycles. The molecule has 10 heteroatoms. The first-order chi connectivity index (χ1) is 16.8. The number of imide groups is 1. The van der Waals surface area contributed by atoms with Crippen molar-refractivity contribution >= 4 is 35.5 Å². The van der Waals surface area contributed by atoms with Gasteiger partial charge in [-0.25, -0.2) is 0 Å². The minimum Gasteiger partial charge on any atom is -0.493 e. The number of methoxy groups -OCH3 is 2. The Morgan fingerprint density at radius 2 is 1.77 bits per heavy atom. The maximum atomic E-state index is 12.5. The van der Waals surface area contributed by atoms with Crippen molar-refractivity contribution < 1.29 is 33.4 Å². The lowest BCUT2D eigenvalue weighted by Gasteiger charge is -2.21. The Bertz CT molecular complexity index is 932. The summed E-state index contributed by atoms with van der Waals surface area (Å²) in [7, 11) is 3.01. The molecule has 0 fully saturated rings. The van der Waals surface area contributed by atoms with Crippen LogP contribution in [0.4, 0.5) is 0 Å². The highest BCUT2D eigenvalue weighted by Crippen LogP contribution is 2.39. The Balaban J connectivity index is 1.97. The second kappa shape index (κ2) is 14.4. The first-order valence-corrected chi connectivity index (χ1v) is 12.0. The molecule has 1 aromatic rings. The summed E-state index contributed by atoms with van der Waals surface area (Å²) in [5.74, 6) is 0.0491. The quantitative estimate of drug-likeness (QED) is 0.224. The normalized spacial score (nSPS) is 13.7. The van der Waals surface area contributed by atoms with E-state index in [1.54, 1.807) is 29.3 Å². The van der Waals surface area contributed by atoms with E-state index in [1.807, 2.05) is 13.8 Å². The van der Waals surface area contributed by atoms with E-state index >= 15 is 0 Å². The average Bonchev–Trinajstić information content (AvgIpc) is 2.87. The van der Waals surface area contributed by atoms with Crippen molar-refractivity contribution in [3.05, 3.63) is 34.9 Å². The van der Waals surface area contributed by atoms with Crippen LogP contribution in [-0.4, -0.2) is 68.2 Å². The molecule has 1 heterocycles. The summed E-state index contributed by atoms with van der Waals surface area (Å²) in [6.45, 7) is 5.77. The SMILES string of the molecule is CCN(CC)OC(=O)CCCCOc1c(OC)cc(/C=C/C(=O)N2CCC=C(Cl)C2=O)cc1OC. The van der Waals surface area contributed by atoms with Gasteiger partial charge in [0.05, 0.1) is 20.8 Å². The maximum absolute atomic E-state index is 12.5. The molecule has 1 aliphatic rings. The van der Waals surface area contributed by atoms with Crippen LogP contribution in [0.25, 0.3) is 6.08 Å². The third kappa shape index (κ3) is 8.29. The van der Waals surface area contributed by atoms with Crippen LogP contribution >= 0.6 is 11.6 Å². The summed E-state index contributed by atoms with van der Waals surface area (Å²) < 4.78 is 16.8. The molecule has 0 radical (unpaired) electrons. The molecule has 0 saturated heterocycles. The molecule has 0 atom stereocenters. The number of rotatable bonds is 13. The predicted octanol–water partition coefficient (Wildman–Crippen LogP) is 3.95. The van der Waals surface area contributed by atoms with Crippen LogP contribution in [0.5, 0.6) is 17.2 Å². The number of nitrogens with zero attached hydrogens (tertiary/aromatic N) is 2. The molecule has 0 unspecified atom stereocenters. The largest absolute Gasteiger partial charge is 0.493 e. The lowest BCUT2D eigenvalue weighted by molar-refractivity contribution is -0.188. The minimum atomic E-state index is -0.507. The van der Waals surface area contributed by atoms with E-state index in [0.717, 1.165) is 4.90 Å². The molecule has 0 aliphatic carbocycles. The Labute approximate surface area is 211 Å². The first kappa shape index (κ1) is 28.2. The fourth-order valence-electron chi connectivity index (χ4n) is 3.33. The Hall–Kier alpha value is -3.04. The van der Waals surface area contributed by atoms with Gasteiger partial charge in [0.1, 0.15) is 5.03 Å². The minimum absolute atomic E-state index is 0.0450. The second-order valence-corrected chi connectivity index (χ2v) is 8.01. The summed E-state index contributed by atoms with van der Waals surface area (Å²) in [4.78, 5) is 42.7. The Morgan fingerprint density at radius 1 is 1.11 bits per heavy atom. The van der Waals surface area contributed by atoms with Crippen molar-refractivity contribution in [2.75, 3.05) is 40.5 Å². The van der Waals surface area contributed by atoms with Gasteiger partial charge in [0, 0.05) is 32.1 Å². The lowest BCUT2D eigenvalue weighted by atomic mass is 10.1. The van der Waals surface area contributed by atoms with Gasteiger partial charge in [-0.15, -0.1) is 5.06 Å². The summed E-state index contributed by atoms with van der Waals surface area (Å²) in [6.07, 6.45) is 6.54. The smallest absolute Gasteiger partial charge is 0.325 e. The van der Waals surface area contributed by atoms with E-state index in [4.69, 9.17) is 30.6 Å². The van der Waals surface area contributed by atoms with E-state index in [2.05, 4.69) is 0 Å². The van der Waals surface area contributed by atoms with Gasteiger partial charge in [0.15, 0.2) is 11.5 Å². The molecule has 192 valence electrons. The Morgan fingerprint density at radius 3 is 2.37 bits per heavy atom. The van der Waals surface area contributed by atoms with Crippen LogP contribution in [0.15, 0.2) is 29.3 Å². The molecular weight excluding hydrogens is 476 g/mol. The zero-order valence-electron chi connectivity index (χ0n) is 20.7. The Kier molecular flexibility index (Phi) is 11.6. The standard InChI is InChI=1S/C25H33ClN2O7/c1-5-27(6-2)35-23(30)11-7-8-15-34-24-20(32-3)16-18(17-21(24)33-4)12-13-22(29)28-14-9-10-19(26)25(28)31/h10,12-13,16-17H,5-9,11,14-15H2,1-4H3/b13-12+. The molecule has 2 amide bonds. The van der Waals surface area contributed by atoms with Crippen molar-refractivity contribution in [1.29, 1.82) is 0 Å². The average molecular weight is 509 g/mol. The second-order valence-electron chi connectivity index (χ2n) is 7.61. The zero-order chi connectivity index (χ0) is 25.8. The fraction of sp³-hybridized carbons (Fsp3) is 0.480. The van der Waals surface area contributed by atoms with Gasteiger partial charge in [-0.05, 0) is 56.9 Å². The third-order valence-electron chi connectivity index (χ3n) is 5.25. The number of unbranched alkanes of at least 4 members (excludes halogenated alkanes) is 1. The molecule has 0 saturated carbocycles. The van der Waals surface area contributed by atoms with Crippen molar-refractivity contribution in [2.24, 2.45) is 0 Å². The number of ether oxygens (including phenoxy) is 3. The third-order valence-corrected chi connectivity index (χ3v) is 5.57.